The van der Waals surface area contributed by atoms with Crippen LogP contribution in [0.25, 0.3) is 10.9 Å². The molecule has 0 saturated carbocycles. The van der Waals surface area contributed by atoms with Crippen LogP contribution in [0, 0.1) is 6.92 Å². The highest BCUT2D eigenvalue weighted by molar-refractivity contribution is 5.95. The Morgan fingerprint density at radius 2 is 1.86 bits per heavy atom. The molecular weight excluding hydrogens is 350 g/mol. The Morgan fingerprint density at radius 1 is 1.07 bits per heavy atom. The highest BCUT2D eigenvalue weighted by atomic mass is 16.2. The van der Waals surface area contributed by atoms with Crippen molar-refractivity contribution in [1.82, 2.24) is 10.3 Å². The second-order valence-electron chi connectivity index (χ2n) is 7.10. The summed E-state index contributed by atoms with van der Waals surface area (Å²) in [5.74, 6) is -0.104. The first-order valence-electron chi connectivity index (χ1n) is 9.81. The van der Waals surface area contributed by atoms with Crippen molar-refractivity contribution >= 4 is 28.4 Å². The van der Waals surface area contributed by atoms with E-state index in [1.54, 1.807) is 24.3 Å². The number of nitrogens with one attached hydrogen (secondary N) is 3. The number of hydrogen-bond donors (Lipinski definition) is 3. The van der Waals surface area contributed by atoms with Gasteiger partial charge in [-0.15, -0.1) is 0 Å². The van der Waals surface area contributed by atoms with E-state index in [2.05, 4.69) is 47.7 Å². The Labute approximate surface area is 165 Å². The van der Waals surface area contributed by atoms with E-state index in [1.807, 2.05) is 6.20 Å². The molecule has 0 fully saturated rings. The molecule has 0 unspecified atom stereocenters. The van der Waals surface area contributed by atoms with Crippen LogP contribution in [0.4, 0.5) is 5.69 Å². The minimum Gasteiger partial charge on any atom is -0.361 e. The molecule has 0 spiro atoms. The fourth-order valence-electron chi connectivity index (χ4n) is 3.18. The monoisotopic (exact) mass is 377 g/mol. The topological polar surface area (TPSA) is 74.0 Å². The normalized spacial score (nSPS) is 10.8. The van der Waals surface area contributed by atoms with Gasteiger partial charge in [0.25, 0.3) is 5.91 Å². The number of carbonyl (C=O) groups excluding carboxylic acids is 2. The third kappa shape index (κ3) is 5.00. The van der Waals surface area contributed by atoms with Gasteiger partial charge in [0, 0.05) is 41.3 Å². The molecule has 28 heavy (non-hydrogen) atoms. The molecule has 1 heterocycles. The molecule has 0 aliphatic rings. The summed E-state index contributed by atoms with van der Waals surface area (Å²) in [4.78, 5) is 27.4. The predicted molar refractivity (Wildman–Crippen MR) is 114 cm³/mol. The molecule has 0 saturated heterocycles. The summed E-state index contributed by atoms with van der Waals surface area (Å²) in [6, 6.07) is 13.3. The van der Waals surface area contributed by atoms with Crippen molar-refractivity contribution in [2.45, 2.75) is 39.5 Å². The molecule has 0 bridgehead atoms. The van der Waals surface area contributed by atoms with E-state index in [0.29, 0.717) is 24.2 Å². The maximum Gasteiger partial charge on any atom is 0.251 e. The van der Waals surface area contributed by atoms with Crippen molar-refractivity contribution in [3.63, 3.8) is 0 Å². The Balaban J connectivity index is 1.52. The van der Waals surface area contributed by atoms with E-state index in [4.69, 9.17) is 0 Å². The fraction of sp³-hybridized carbons (Fsp3) is 0.304. The zero-order chi connectivity index (χ0) is 19.9. The number of benzene rings is 2. The summed E-state index contributed by atoms with van der Waals surface area (Å²) in [6.07, 6.45) is 5.16. The number of carbonyl (C=O) groups is 2. The largest absolute Gasteiger partial charge is 0.361 e. The highest BCUT2D eigenvalue weighted by Gasteiger charge is 2.08. The molecule has 0 radical (unpaired) electrons. The van der Waals surface area contributed by atoms with Gasteiger partial charge >= 0.3 is 0 Å². The summed E-state index contributed by atoms with van der Waals surface area (Å²) < 4.78 is 0. The lowest BCUT2D eigenvalue weighted by atomic mass is 10.1. The van der Waals surface area contributed by atoms with Crippen LogP contribution >= 0.6 is 0 Å². The van der Waals surface area contributed by atoms with Gasteiger partial charge in [-0.25, -0.2) is 0 Å². The molecule has 0 aliphatic carbocycles. The standard InChI is InChI=1S/C23H27N3O2/c1-3-4-5-22(27)26-19-9-7-17(8-10-19)23(28)24-13-12-18-15-25-21-11-6-16(2)14-20(18)21/h6-11,14-15,25H,3-5,12-13H2,1-2H3,(H,24,28)(H,26,27). The number of anilines is 1. The quantitative estimate of drug-likeness (QED) is 0.538. The summed E-state index contributed by atoms with van der Waals surface area (Å²) in [6.45, 7) is 4.70. The van der Waals surface area contributed by atoms with E-state index in [-0.39, 0.29) is 11.8 Å². The van der Waals surface area contributed by atoms with Crippen LogP contribution in [0.1, 0.15) is 47.7 Å². The second kappa shape index (κ2) is 9.22. The van der Waals surface area contributed by atoms with E-state index in [9.17, 15) is 9.59 Å². The SMILES string of the molecule is CCCCC(=O)Nc1ccc(C(=O)NCCc2c[nH]c3ccc(C)cc23)cc1. The fourth-order valence-corrected chi connectivity index (χ4v) is 3.18. The predicted octanol–water partition coefficient (Wildman–Crippen LogP) is 4.58. The van der Waals surface area contributed by atoms with Gasteiger partial charge in [-0.05, 0) is 61.7 Å². The number of aromatic nitrogens is 1. The van der Waals surface area contributed by atoms with E-state index < -0.39 is 0 Å². The van der Waals surface area contributed by atoms with Crippen LogP contribution in [0.5, 0.6) is 0 Å². The molecule has 3 rings (SSSR count). The van der Waals surface area contributed by atoms with Crippen molar-refractivity contribution in [3.8, 4) is 0 Å². The van der Waals surface area contributed by atoms with Gasteiger partial charge in [0.1, 0.15) is 0 Å². The van der Waals surface area contributed by atoms with Gasteiger partial charge in [0.2, 0.25) is 5.91 Å². The third-order valence-corrected chi connectivity index (χ3v) is 4.79. The van der Waals surface area contributed by atoms with E-state index in [1.165, 1.54) is 16.5 Å². The number of fused-ring (bicyclic) bond motifs is 1. The molecule has 146 valence electrons. The molecule has 5 nitrogen and oxygen atoms in total. The number of aromatic amines is 1. The number of rotatable bonds is 8. The van der Waals surface area contributed by atoms with Crippen LogP contribution in [-0.2, 0) is 11.2 Å². The average molecular weight is 377 g/mol. The third-order valence-electron chi connectivity index (χ3n) is 4.79. The van der Waals surface area contributed by atoms with E-state index in [0.717, 1.165) is 24.8 Å². The molecule has 2 aromatic carbocycles. The first-order chi connectivity index (χ1) is 13.6. The summed E-state index contributed by atoms with van der Waals surface area (Å²) in [7, 11) is 0. The van der Waals surface area contributed by atoms with Crippen molar-refractivity contribution in [2.75, 3.05) is 11.9 Å². The van der Waals surface area contributed by atoms with Gasteiger partial charge in [-0.3, -0.25) is 9.59 Å². The number of unbranched alkanes of at least 4 members (excludes halogenated alkanes) is 1. The zero-order valence-electron chi connectivity index (χ0n) is 16.5. The molecule has 2 amide bonds. The van der Waals surface area contributed by atoms with Crippen LogP contribution in [0.15, 0.2) is 48.7 Å². The zero-order valence-corrected chi connectivity index (χ0v) is 16.5. The number of amides is 2. The van der Waals surface area contributed by atoms with Gasteiger partial charge in [-0.2, -0.15) is 0 Å². The first-order valence-corrected chi connectivity index (χ1v) is 9.81. The molecule has 5 heteroatoms. The van der Waals surface area contributed by atoms with Gasteiger partial charge < -0.3 is 15.6 Å². The van der Waals surface area contributed by atoms with E-state index >= 15 is 0 Å². The summed E-state index contributed by atoms with van der Waals surface area (Å²) >= 11 is 0. The Hall–Kier alpha value is -3.08. The number of hydrogen-bond acceptors (Lipinski definition) is 2. The smallest absolute Gasteiger partial charge is 0.251 e. The molecule has 0 aliphatic heterocycles. The first kappa shape index (κ1) is 19.7. The summed E-state index contributed by atoms with van der Waals surface area (Å²) in [5, 5.41) is 7.02. The lowest BCUT2D eigenvalue weighted by Crippen LogP contribution is -2.25. The Morgan fingerprint density at radius 3 is 2.61 bits per heavy atom. The second-order valence-corrected chi connectivity index (χ2v) is 7.10. The Bertz CT molecular complexity index is 958. The average Bonchev–Trinajstić information content (AvgIpc) is 3.09. The molecule has 3 N–H and O–H groups in total. The molecular formula is C23H27N3O2. The lowest BCUT2D eigenvalue weighted by molar-refractivity contribution is -0.116. The molecule has 0 atom stereocenters. The van der Waals surface area contributed by atoms with Crippen molar-refractivity contribution in [2.24, 2.45) is 0 Å². The van der Waals surface area contributed by atoms with Gasteiger partial charge in [0.05, 0.1) is 0 Å². The number of H-pyrrole nitrogens is 1. The molecule has 1 aromatic heterocycles. The highest BCUT2D eigenvalue weighted by Crippen LogP contribution is 2.20. The Kier molecular flexibility index (Phi) is 6.48. The summed E-state index contributed by atoms with van der Waals surface area (Å²) in [5.41, 5.74) is 4.83. The van der Waals surface area contributed by atoms with Crippen LogP contribution in [0.3, 0.4) is 0 Å². The maximum absolute atomic E-state index is 12.4. The van der Waals surface area contributed by atoms with Gasteiger partial charge in [-0.1, -0.05) is 25.0 Å². The number of aryl methyl sites for hydroxylation is 1. The lowest BCUT2D eigenvalue weighted by Gasteiger charge is -2.07. The van der Waals surface area contributed by atoms with Crippen LogP contribution in [0.2, 0.25) is 0 Å². The minimum absolute atomic E-state index is 0.00742. The minimum atomic E-state index is -0.111. The van der Waals surface area contributed by atoms with Crippen molar-refractivity contribution in [3.05, 3.63) is 65.4 Å². The van der Waals surface area contributed by atoms with Crippen LogP contribution in [-0.4, -0.2) is 23.3 Å². The molecule has 3 aromatic rings. The van der Waals surface area contributed by atoms with Crippen molar-refractivity contribution < 1.29 is 9.59 Å². The van der Waals surface area contributed by atoms with Crippen LogP contribution < -0.4 is 10.6 Å². The van der Waals surface area contributed by atoms with Gasteiger partial charge in [0.15, 0.2) is 0 Å². The van der Waals surface area contributed by atoms with Crippen molar-refractivity contribution in [1.29, 1.82) is 0 Å². The maximum atomic E-state index is 12.4.